The second-order valence-electron chi connectivity index (χ2n) is 4.93. The minimum absolute atomic E-state index is 0.0177. The van der Waals surface area contributed by atoms with E-state index in [1.807, 2.05) is 0 Å². The van der Waals surface area contributed by atoms with Crippen LogP contribution in [0.1, 0.15) is 12.5 Å². The first-order valence-electron chi connectivity index (χ1n) is 6.94. The van der Waals surface area contributed by atoms with Crippen molar-refractivity contribution in [2.75, 3.05) is 5.32 Å². The topological polar surface area (TPSA) is 55.4 Å². The molecular weight excluding hydrogens is 365 g/mol. The summed E-state index contributed by atoms with van der Waals surface area (Å²) in [5.74, 6) is -1.33. The average Bonchev–Trinajstić information content (AvgIpc) is 2.51. The van der Waals surface area contributed by atoms with Gasteiger partial charge in [0.25, 0.3) is 5.91 Å². The van der Waals surface area contributed by atoms with Crippen molar-refractivity contribution in [1.82, 2.24) is 0 Å². The second-order valence-corrected chi connectivity index (χ2v) is 5.85. The van der Waals surface area contributed by atoms with Crippen LogP contribution in [-0.2, 0) is 20.7 Å². The van der Waals surface area contributed by atoms with Crippen molar-refractivity contribution < 1.29 is 18.7 Å². The first kappa shape index (κ1) is 17.1. The Hall–Kier alpha value is -2.21. The lowest BCUT2D eigenvalue weighted by Crippen LogP contribution is -2.30. The molecule has 1 amide bonds. The van der Waals surface area contributed by atoms with E-state index in [0.717, 1.165) is 4.47 Å². The van der Waals surface area contributed by atoms with Gasteiger partial charge in [0, 0.05) is 10.2 Å². The number of nitrogens with one attached hydrogen (secondary N) is 1. The van der Waals surface area contributed by atoms with Gasteiger partial charge in [-0.05, 0) is 48.9 Å². The number of carbonyl (C=O) groups excluding carboxylic acids is 2. The summed E-state index contributed by atoms with van der Waals surface area (Å²) in [5, 5.41) is 2.66. The van der Waals surface area contributed by atoms with Gasteiger partial charge >= 0.3 is 5.97 Å². The molecule has 0 saturated heterocycles. The predicted molar refractivity (Wildman–Crippen MR) is 88.4 cm³/mol. The Balaban J connectivity index is 1.86. The molecule has 0 fully saturated rings. The molecule has 1 atom stereocenters. The highest BCUT2D eigenvalue weighted by Crippen LogP contribution is 2.14. The maximum atomic E-state index is 12.8. The van der Waals surface area contributed by atoms with Crippen LogP contribution in [0.2, 0.25) is 0 Å². The maximum absolute atomic E-state index is 12.8. The molecule has 0 aliphatic rings. The third-order valence-electron chi connectivity index (χ3n) is 3.05. The number of ether oxygens (including phenoxy) is 1. The highest BCUT2D eigenvalue weighted by molar-refractivity contribution is 9.10. The largest absolute Gasteiger partial charge is 0.452 e. The molecular formula is C17H15BrFNO3. The van der Waals surface area contributed by atoms with Crippen LogP contribution in [0.25, 0.3) is 0 Å². The number of rotatable bonds is 5. The quantitative estimate of drug-likeness (QED) is 0.805. The molecule has 0 heterocycles. The molecule has 0 unspecified atom stereocenters. The van der Waals surface area contributed by atoms with Gasteiger partial charge in [-0.2, -0.15) is 0 Å². The molecule has 23 heavy (non-hydrogen) atoms. The highest BCUT2D eigenvalue weighted by atomic mass is 79.9. The summed E-state index contributed by atoms with van der Waals surface area (Å²) in [6.45, 7) is 1.50. The Morgan fingerprint density at radius 2 is 1.74 bits per heavy atom. The van der Waals surface area contributed by atoms with Crippen LogP contribution >= 0.6 is 15.9 Å². The van der Waals surface area contributed by atoms with Crippen LogP contribution in [0, 0.1) is 5.82 Å². The maximum Gasteiger partial charge on any atom is 0.311 e. The lowest BCUT2D eigenvalue weighted by atomic mass is 10.1. The van der Waals surface area contributed by atoms with E-state index >= 15 is 0 Å². The molecule has 120 valence electrons. The van der Waals surface area contributed by atoms with E-state index in [2.05, 4.69) is 21.2 Å². The standard InChI is InChI=1S/C17H15BrFNO3/c1-11(17(22)20-15-8-4-13(18)5-9-15)23-16(21)10-12-2-6-14(19)7-3-12/h2-9,11H,10H2,1H3,(H,20,22)/t11-/m1/s1. The zero-order chi connectivity index (χ0) is 16.8. The smallest absolute Gasteiger partial charge is 0.311 e. The second kappa shape index (κ2) is 7.87. The summed E-state index contributed by atoms with van der Waals surface area (Å²) in [4.78, 5) is 23.8. The Labute approximate surface area is 141 Å². The van der Waals surface area contributed by atoms with Crippen molar-refractivity contribution in [3.8, 4) is 0 Å². The number of carbonyl (C=O) groups is 2. The fraction of sp³-hybridized carbons (Fsp3) is 0.176. The number of amides is 1. The molecule has 6 heteroatoms. The van der Waals surface area contributed by atoms with Crippen LogP contribution in [0.15, 0.2) is 53.0 Å². The minimum atomic E-state index is -0.924. The first-order chi connectivity index (χ1) is 10.9. The van der Waals surface area contributed by atoms with E-state index < -0.39 is 18.0 Å². The zero-order valence-electron chi connectivity index (χ0n) is 12.4. The Bertz CT molecular complexity index is 686. The van der Waals surface area contributed by atoms with Gasteiger partial charge in [0.15, 0.2) is 6.10 Å². The third-order valence-corrected chi connectivity index (χ3v) is 3.58. The van der Waals surface area contributed by atoms with E-state index in [1.54, 1.807) is 24.3 Å². The first-order valence-corrected chi connectivity index (χ1v) is 7.73. The molecule has 2 aromatic carbocycles. The van der Waals surface area contributed by atoms with Crippen LogP contribution in [0.3, 0.4) is 0 Å². The monoisotopic (exact) mass is 379 g/mol. The van der Waals surface area contributed by atoms with E-state index in [9.17, 15) is 14.0 Å². The molecule has 4 nitrogen and oxygen atoms in total. The number of halogens is 2. The fourth-order valence-corrected chi connectivity index (χ4v) is 2.10. The number of hydrogen-bond donors (Lipinski definition) is 1. The van der Waals surface area contributed by atoms with Crippen molar-refractivity contribution in [2.45, 2.75) is 19.4 Å². The van der Waals surface area contributed by atoms with Crippen molar-refractivity contribution in [1.29, 1.82) is 0 Å². The van der Waals surface area contributed by atoms with Crippen LogP contribution in [0.5, 0.6) is 0 Å². The van der Waals surface area contributed by atoms with Gasteiger partial charge in [-0.15, -0.1) is 0 Å². The molecule has 0 spiro atoms. The van der Waals surface area contributed by atoms with E-state index in [4.69, 9.17) is 4.74 Å². The Morgan fingerprint density at radius 1 is 1.13 bits per heavy atom. The van der Waals surface area contributed by atoms with E-state index in [1.165, 1.54) is 31.2 Å². The summed E-state index contributed by atoms with van der Waals surface area (Å²) in [6, 6.07) is 12.6. The van der Waals surface area contributed by atoms with Crippen molar-refractivity contribution >= 4 is 33.5 Å². The summed E-state index contributed by atoms with van der Waals surface area (Å²) in [7, 11) is 0. The van der Waals surface area contributed by atoms with Crippen LogP contribution in [0.4, 0.5) is 10.1 Å². The summed E-state index contributed by atoms with van der Waals surface area (Å²) in [6.07, 6.45) is -0.942. The van der Waals surface area contributed by atoms with Crippen LogP contribution in [-0.4, -0.2) is 18.0 Å². The lowest BCUT2D eigenvalue weighted by molar-refractivity contribution is -0.152. The Kier molecular flexibility index (Phi) is 5.87. The lowest BCUT2D eigenvalue weighted by Gasteiger charge is -2.13. The normalized spacial score (nSPS) is 11.6. The number of esters is 1. The molecule has 0 saturated carbocycles. The van der Waals surface area contributed by atoms with Crippen molar-refractivity contribution in [2.24, 2.45) is 0 Å². The molecule has 0 radical (unpaired) electrons. The predicted octanol–water partition coefficient (Wildman–Crippen LogP) is 3.70. The van der Waals surface area contributed by atoms with Gasteiger partial charge < -0.3 is 10.1 Å². The summed E-state index contributed by atoms with van der Waals surface area (Å²) >= 11 is 3.30. The fourth-order valence-electron chi connectivity index (χ4n) is 1.84. The molecule has 0 aliphatic heterocycles. The van der Waals surface area contributed by atoms with E-state index in [-0.39, 0.29) is 12.2 Å². The van der Waals surface area contributed by atoms with Gasteiger partial charge in [-0.1, -0.05) is 28.1 Å². The SMILES string of the molecule is C[C@@H](OC(=O)Cc1ccc(F)cc1)C(=O)Nc1ccc(Br)cc1. The van der Waals surface area contributed by atoms with Gasteiger partial charge in [0.1, 0.15) is 5.82 Å². The molecule has 0 bridgehead atoms. The third kappa shape index (κ3) is 5.49. The summed E-state index contributed by atoms with van der Waals surface area (Å²) in [5.41, 5.74) is 1.23. The average molecular weight is 380 g/mol. The Morgan fingerprint density at radius 3 is 2.35 bits per heavy atom. The molecule has 2 aromatic rings. The summed E-state index contributed by atoms with van der Waals surface area (Å²) < 4.78 is 18.8. The van der Waals surface area contributed by atoms with E-state index in [0.29, 0.717) is 11.3 Å². The van der Waals surface area contributed by atoms with Crippen molar-refractivity contribution in [3.63, 3.8) is 0 Å². The molecule has 0 aliphatic carbocycles. The zero-order valence-corrected chi connectivity index (χ0v) is 14.0. The van der Waals surface area contributed by atoms with Gasteiger partial charge in [-0.25, -0.2) is 4.39 Å². The molecule has 0 aromatic heterocycles. The molecule has 2 rings (SSSR count). The minimum Gasteiger partial charge on any atom is -0.452 e. The van der Waals surface area contributed by atoms with Gasteiger partial charge in [0.05, 0.1) is 6.42 Å². The number of hydrogen-bond acceptors (Lipinski definition) is 3. The van der Waals surface area contributed by atoms with Gasteiger partial charge in [-0.3, -0.25) is 9.59 Å². The highest BCUT2D eigenvalue weighted by Gasteiger charge is 2.18. The number of benzene rings is 2. The number of anilines is 1. The van der Waals surface area contributed by atoms with Crippen LogP contribution < -0.4 is 5.32 Å². The van der Waals surface area contributed by atoms with Gasteiger partial charge in [0.2, 0.25) is 0 Å². The van der Waals surface area contributed by atoms with Crippen molar-refractivity contribution in [3.05, 3.63) is 64.4 Å². The molecule has 1 N–H and O–H groups in total.